The fourth-order valence-electron chi connectivity index (χ4n) is 1.83. The van der Waals surface area contributed by atoms with Gasteiger partial charge in [-0.2, -0.15) is 0 Å². The van der Waals surface area contributed by atoms with Gasteiger partial charge < -0.3 is 10.1 Å². The SMILES string of the molecule is CCNC(CC(=O)OCC)Cc1ccc(Cl)cc1. The van der Waals surface area contributed by atoms with E-state index in [9.17, 15) is 4.79 Å². The molecule has 0 fully saturated rings. The number of hydrogen-bond donors (Lipinski definition) is 1. The molecular weight excluding hydrogens is 250 g/mol. The van der Waals surface area contributed by atoms with Crippen molar-refractivity contribution >= 4 is 17.6 Å². The van der Waals surface area contributed by atoms with Gasteiger partial charge in [0.15, 0.2) is 0 Å². The van der Waals surface area contributed by atoms with Crippen LogP contribution in [-0.4, -0.2) is 25.2 Å². The van der Waals surface area contributed by atoms with Gasteiger partial charge in [-0.1, -0.05) is 30.7 Å². The molecule has 0 amide bonds. The molecule has 1 rings (SSSR count). The van der Waals surface area contributed by atoms with Gasteiger partial charge in [0.25, 0.3) is 0 Å². The van der Waals surface area contributed by atoms with Crippen molar-refractivity contribution in [2.45, 2.75) is 32.7 Å². The molecule has 0 aromatic heterocycles. The van der Waals surface area contributed by atoms with E-state index in [1.807, 2.05) is 38.1 Å². The third-order valence-electron chi connectivity index (χ3n) is 2.61. The molecule has 0 heterocycles. The van der Waals surface area contributed by atoms with Crippen LogP contribution in [0.3, 0.4) is 0 Å². The molecular formula is C14H20ClNO2. The molecule has 0 aliphatic carbocycles. The van der Waals surface area contributed by atoms with Crippen LogP contribution in [0.5, 0.6) is 0 Å². The number of likely N-dealkylation sites (N-methyl/N-ethyl adjacent to an activating group) is 1. The Morgan fingerprint density at radius 1 is 1.33 bits per heavy atom. The molecule has 0 saturated carbocycles. The maximum absolute atomic E-state index is 11.5. The Labute approximate surface area is 113 Å². The molecule has 100 valence electrons. The molecule has 0 spiro atoms. The van der Waals surface area contributed by atoms with Gasteiger partial charge in [-0.3, -0.25) is 4.79 Å². The molecule has 0 saturated heterocycles. The van der Waals surface area contributed by atoms with Crippen molar-refractivity contribution < 1.29 is 9.53 Å². The van der Waals surface area contributed by atoms with E-state index in [1.54, 1.807) is 0 Å². The molecule has 18 heavy (non-hydrogen) atoms. The molecule has 0 aliphatic rings. The van der Waals surface area contributed by atoms with Crippen LogP contribution in [0.25, 0.3) is 0 Å². The van der Waals surface area contributed by atoms with E-state index in [4.69, 9.17) is 16.3 Å². The van der Waals surface area contributed by atoms with Gasteiger partial charge in [0.05, 0.1) is 13.0 Å². The summed E-state index contributed by atoms with van der Waals surface area (Å²) < 4.78 is 4.98. The fraction of sp³-hybridized carbons (Fsp3) is 0.500. The van der Waals surface area contributed by atoms with Crippen LogP contribution in [0, 0.1) is 0 Å². The number of nitrogens with one attached hydrogen (secondary N) is 1. The van der Waals surface area contributed by atoms with Crippen molar-refractivity contribution in [3.8, 4) is 0 Å². The van der Waals surface area contributed by atoms with E-state index in [2.05, 4.69) is 5.32 Å². The number of ether oxygens (including phenoxy) is 1. The number of halogens is 1. The second kappa shape index (κ2) is 8.11. The Kier molecular flexibility index (Phi) is 6.76. The highest BCUT2D eigenvalue weighted by molar-refractivity contribution is 6.30. The Morgan fingerprint density at radius 3 is 2.56 bits per heavy atom. The third-order valence-corrected chi connectivity index (χ3v) is 2.86. The highest BCUT2D eigenvalue weighted by Gasteiger charge is 2.14. The average molecular weight is 270 g/mol. The predicted molar refractivity (Wildman–Crippen MR) is 73.9 cm³/mol. The first-order chi connectivity index (χ1) is 8.65. The summed E-state index contributed by atoms with van der Waals surface area (Å²) in [5.74, 6) is -0.155. The number of hydrogen-bond acceptors (Lipinski definition) is 3. The number of benzene rings is 1. The summed E-state index contributed by atoms with van der Waals surface area (Å²) in [6.45, 7) is 5.11. The van der Waals surface area contributed by atoms with Crippen LogP contribution in [0.1, 0.15) is 25.8 Å². The lowest BCUT2D eigenvalue weighted by Gasteiger charge is -2.17. The lowest BCUT2D eigenvalue weighted by atomic mass is 10.0. The molecule has 1 unspecified atom stereocenters. The highest BCUT2D eigenvalue weighted by atomic mass is 35.5. The summed E-state index contributed by atoms with van der Waals surface area (Å²) in [7, 11) is 0. The van der Waals surface area contributed by atoms with Gasteiger partial charge >= 0.3 is 5.97 Å². The van der Waals surface area contributed by atoms with Crippen LogP contribution < -0.4 is 5.32 Å². The average Bonchev–Trinajstić information content (AvgIpc) is 2.32. The first kappa shape index (κ1) is 15.0. The van der Waals surface area contributed by atoms with Gasteiger partial charge in [-0.25, -0.2) is 0 Å². The van der Waals surface area contributed by atoms with E-state index < -0.39 is 0 Å². The summed E-state index contributed by atoms with van der Waals surface area (Å²) in [5, 5.41) is 4.03. The largest absolute Gasteiger partial charge is 0.466 e. The van der Waals surface area contributed by atoms with Gasteiger partial charge in [0, 0.05) is 11.1 Å². The van der Waals surface area contributed by atoms with Crippen LogP contribution in [0.4, 0.5) is 0 Å². The Bertz CT molecular complexity index is 365. The van der Waals surface area contributed by atoms with Crippen molar-refractivity contribution in [1.29, 1.82) is 0 Å². The minimum Gasteiger partial charge on any atom is -0.466 e. The number of carbonyl (C=O) groups is 1. The Balaban J connectivity index is 2.56. The summed E-state index contributed by atoms with van der Waals surface area (Å²) >= 11 is 5.85. The molecule has 0 radical (unpaired) electrons. The first-order valence-corrected chi connectivity index (χ1v) is 6.67. The number of rotatable bonds is 7. The molecule has 0 bridgehead atoms. The molecule has 1 aromatic carbocycles. The topological polar surface area (TPSA) is 38.3 Å². The Hall–Kier alpha value is -1.06. The monoisotopic (exact) mass is 269 g/mol. The zero-order chi connectivity index (χ0) is 13.4. The Morgan fingerprint density at radius 2 is 2.00 bits per heavy atom. The van der Waals surface area contributed by atoms with Crippen LogP contribution in [-0.2, 0) is 16.0 Å². The fourth-order valence-corrected chi connectivity index (χ4v) is 1.96. The van der Waals surface area contributed by atoms with E-state index in [0.717, 1.165) is 23.6 Å². The molecule has 4 heteroatoms. The predicted octanol–water partition coefficient (Wildman–Crippen LogP) is 2.81. The van der Waals surface area contributed by atoms with Crippen molar-refractivity contribution in [3.63, 3.8) is 0 Å². The van der Waals surface area contributed by atoms with Crippen LogP contribution >= 0.6 is 11.6 Å². The second-order valence-electron chi connectivity index (χ2n) is 4.09. The van der Waals surface area contributed by atoms with Crippen molar-refractivity contribution in [1.82, 2.24) is 5.32 Å². The summed E-state index contributed by atoms with van der Waals surface area (Å²) in [6, 6.07) is 7.81. The van der Waals surface area contributed by atoms with E-state index in [1.165, 1.54) is 0 Å². The van der Waals surface area contributed by atoms with E-state index in [0.29, 0.717) is 13.0 Å². The quantitative estimate of drug-likeness (QED) is 0.774. The second-order valence-corrected chi connectivity index (χ2v) is 4.53. The lowest BCUT2D eigenvalue weighted by molar-refractivity contribution is -0.143. The van der Waals surface area contributed by atoms with Gasteiger partial charge in [-0.15, -0.1) is 0 Å². The third kappa shape index (κ3) is 5.52. The summed E-state index contributed by atoms with van der Waals surface area (Å²) in [4.78, 5) is 11.5. The van der Waals surface area contributed by atoms with Crippen molar-refractivity contribution in [2.24, 2.45) is 0 Å². The van der Waals surface area contributed by atoms with Gasteiger partial charge in [0.2, 0.25) is 0 Å². The lowest BCUT2D eigenvalue weighted by Crippen LogP contribution is -2.33. The van der Waals surface area contributed by atoms with Gasteiger partial charge in [0.1, 0.15) is 0 Å². The van der Waals surface area contributed by atoms with E-state index in [-0.39, 0.29) is 12.0 Å². The molecule has 1 atom stereocenters. The number of carbonyl (C=O) groups excluding carboxylic acids is 1. The standard InChI is InChI=1S/C14H20ClNO2/c1-3-16-13(10-14(17)18-4-2)9-11-5-7-12(15)8-6-11/h5-8,13,16H,3-4,9-10H2,1-2H3. The van der Waals surface area contributed by atoms with Gasteiger partial charge in [-0.05, 0) is 37.6 Å². The normalized spacial score (nSPS) is 12.2. The maximum Gasteiger partial charge on any atom is 0.307 e. The number of esters is 1. The molecule has 0 aliphatic heterocycles. The minimum atomic E-state index is -0.155. The molecule has 1 aromatic rings. The van der Waals surface area contributed by atoms with Crippen LogP contribution in [0.15, 0.2) is 24.3 Å². The zero-order valence-electron chi connectivity index (χ0n) is 10.9. The minimum absolute atomic E-state index is 0.107. The molecule has 3 nitrogen and oxygen atoms in total. The molecule has 1 N–H and O–H groups in total. The van der Waals surface area contributed by atoms with Crippen molar-refractivity contribution in [3.05, 3.63) is 34.9 Å². The first-order valence-electron chi connectivity index (χ1n) is 6.29. The summed E-state index contributed by atoms with van der Waals surface area (Å²) in [6.07, 6.45) is 1.19. The smallest absolute Gasteiger partial charge is 0.307 e. The zero-order valence-corrected chi connectivity index (χ0v) is 11.7. The van der Waals surface area contributed by atoms with Crippen molar-refractivity contribution in [2.75, 3.05) is 13.2 Å². The highest BCUT2D eigenvalue weighted by Crippen LogP contribution is 2.12. The van der Waals surface area contributed by atoms with Crippen LogP contribution in [0.2, 0.25) is 5.02 Å². The van der Waals surface area contributed by atoms with E-state index >= 15 is 0 Å². The summed E-state index contributed by atoms with van der Waals surface area (Å²) in [5.41, 5.74) is 1.16. The maximum atomic E-state index is 11.5.